The van der Waals surface area contributed by atoms with Gasteiger partial charge in [0.15, 0.2) is 5.57 Å². The van der Waals surface area contributed by atoms with E-state index < -0.39 is 23.5 Å². The smallest absolute Gasteiger partial charge is 0.344 e. The van der Waals surface area contributed by atoms with Gasteiger partial charge in [-0.1, -0.05) is 0 Å². The number of aliphatic carboxylic acids is 3. The molecule has 0 saturated carbocycles. The molecule has 0 unspecified atom stereocenters. The van der Waals surface area contributed by atoms with Crippen molar-refractivity contribution in [1.82, 2.24) is 0 Å². The first-order valence-electron chi connectivity index (χ1n) is 2.28. The van der Waals surface area contributed by atoms with Gasteiger partial charge in [-0.2, -0.15) is 0 Å². The lowest BCUT2D eigenvalue weighted by molar-refractivity contribution is -0.142. The van der Waals surface area contributed by atoms with Crippen molar-refractivity contribution in [2.24, 2.45) is 0 Å². The van der Waals surface area contributed by atoms with E-state index in [1.165, 1.54) is 6.08 Å². The van der Waals surface area contributed by atoms with Gasteiger partial charge in [0, 0.05) is 0 Å². The molecule has 0 saturated heterocycles. The van der Waals surface area contributed by atoms with Crippen molar-refractivity contribution in [3.63, 3.8) is 0 Å². The van der Waals surface area contributed by atoms with Crippen molar-refractivity contribution < 1.29 is 29.7 Å². The van der Waals surface area contributed by atoms with Gasteiger partial charge in [-0.05, 0) is 0 Å². The van der Waals surface area contributed by atoms with Crippen LogP contribution in [0.5, 0.6) is 0 Å². The van der Waals surface area contributed by atoms with Crippen molar-refractivity contribution in [2.75, 3.05) is 0 Å². The van der Waals surface area contributed by atoms with E-state index in [4.69, 9.17) is 15.3 Å². The lowest BCUT2D eigenvalue weighted by Crippen LogP contribution is -2.13. The summed E-state index contributed by atoms with van der Waals surface area (Å²) < 4.78 is 0. The van der Waals surface area contributed by atoms with Crippen LogP contribution >= 0.6 is 0 Å². The summed E-state index contributed by atoms with van der Waals surface area (Å²) in [7, 11) is 0. The molecule has 0 bridgehead atoms. The molecule has 3 N–H and O–H groups in total. The molecule has 0 fully saturated rings. The topological polar surface area (TPSA) is 112 Å². The molecule has 0 aliphatic heterocycles. The highest BCUT2D eigenvalue weighted by Crippen LogP contribution is 1.92. The van der Waals surface area contributed by atoms with Crippen LogP contribution in [0.4, 0.5) is 0 Å². The third kappa shape index (κ3) is 2.99. The average molecular weight is 159 g/mol. The first-order valence-corrected chi connectivity index (χ1v) is 2.28. The average Bonchev–Trinajstić information content (AvgIpc) is 1.81. The molecular formula is C5H3O6. The van der Waals surface area contributed by atoms with Gasteiger partial charge in [-0.25, -0.2) is 14.4 Å². The molecule has 0 rings (SSSR count). The number of carboxylic acids is 3. The van der Waals surface area contributed by atoms with Crippen molar-refractivity contribution in [3.05, 3.63) is 11.6 Å². The summed E-state index contributed by atoms with van der Waals surface area (Å²) in [6, 6.07) is 0. The van der Waals surface area contributed by atoms with Gasteiger partial charge in [0.2, 0.25) is 0 Å². The van der Waals surface area contributed by atoms with E-state index in [0.29, 0.717) is 0 Å². The minimum Gasteiger partial charge on any atom is -0.478 e. The van der Waals surface area contributed by atoms with Crippen LogP contribution in [0.15, 0.2) is 5.57 Å². The normalized spacial score (nSPS) is 8.36. The van der Waals surface area contributed by atoms with E-state index >= 15 is 0 Å². The number of carbonyl (C=O) groups is 3. The van der Waals surface area contributed by atoms with Crippen LogP contribution in [0.3, 0.4) is 0 Å². The number of carboxylic acid groups (broad SMARTS) is 3. The van der Waals surface area contributed by atoms with Crippen LogP contribution in [0.2, 0.25) is 0 Å². The maximum absolute atomic E-state index is 9.93. The minimum atomic E-state index is -1.83. The molecule has 0 amide bonds. The van der Waals surface area contributed by atoms with Crippen LogP contribution in [0.1, 0.15) is 0 Å². The van der Waals surface area contributed by atoms with Crippen molar-refractivity contribution in [3.8, 4) is 0 Å². The Morgan fingerprint density at radius 2 is 1.27 bits per heavy atom. The fourth-order valence-corrected chi connectivity index (χ4v) is 0.305. The highest BCUT2D eigenvalue weighted by atomic mass is 16.4. The highest BCUT2D eigenvalue weighted by molar-refractivity contribution is 6.14. The Bertz CT molecular complexity index is 221. The van der Waals surface area contributed by atoms with E-state index in [1.54, 1.807) is 0 Å². The summed E-state index contributed by atoms with van der Waals surface area (Å²) in [5.74, 6) is -5.40. The number of hydrogen-bond acceptors (Lipinski definition) is 3. The molecule has 0 aromatic carbocycles. The van der Waals surface area contributed by atoms with Gasteiger partial charge in [0.05, 0.1) is 6.08 Å². The summed E-state index contributed by atoms with van der Waals surface area (Å²) in [6.45, 7) is 0. The zero-order valence-corrected chi connectivity index (χ0v) is 5.07. The van der Waals surface area contributed by atoms with Gasteiger partial charge in [0.25, 0.3) is 0 Å². The van der Waals surface area contributed by atoms with E-state index in [0.717, 1.165) is 0 Å². The van der Waals surface area contributed by atoms with E-state index in [-0.39, 0.29) is 0 Å². The molecule has 0 aliphatic carbocycles. The lowest BCUT2D eigenvalue weighted by atomic mass is 10.2. The lowest BCUT2D eigenvalue weighted by Gasteiger charge is -1.89. The van der Waals surface area contributed by atoms with Gasteiger partial charge < -0.3 is 15.3 Å². The maximum atomic E-state index is 9.93. The summed E-state index contributed by atoms with van der Waals surface area (Å²) in [4.78, 5) is 29.6. The van der Waals surface area contributed by atoms with Crippen LogP contribution < -0.4 is 0 Å². The first kappa shape index (κ1) is 9.15. The molecule has 11 heavy (non-hydrogen) atoms. The van der Waals surface area contributed by atoms with Gasteiger partial charge >= 0.3 is 17.9 Å². The third-order valence-corrected chi connectivity index (χ3v) is 0.660. The van der Waals surface area contributed by atoms with Crippen molar-refractivity contribution in [2.45, 2.75) is 0 Å². The molecule has 0 spiro atoms. The van der Waals surface area contributed by atoms with Crippen LogP contribution in [-0.2, 0) is 14.4 Å². The summed E-state index contributed by atoms with van der Waals surface area (Å²) in [6.07, 6.45) is 1.21. The summed E-state index contributed by atoms with van der Waals surface area (Å²) in [5.41, 5.74) is -1.29. The van der Waals surface area contributed by atoms with E-state index in [2.05, 4.69) is 0 Å². The summed E-state index contributed by atoms with van der Waals surface area (Å²) in [5, 5.41) is 24.0. The Morgan fingerprint density at radius 3 is 1.36 bits per heavy atom. The van der Waals surface area contributed by atoms with E-state index in [9.17, 15) is 14.4 Å². The molecule has 1 radical (unpaired) electrons. The van der Waals surface area contributed by atoms with Crippen LogP contribution in [0, 0.1) is 6.08 Å². The molecule has 6 nitrogen and oxygen atoms in total. The maximum Gasteiger partial charge on any atom is 0.344 e. The second-order valence-electron chi connectivity index (χ2n) is 1.42. The minimum absolute atomic E-state index is 1.21. The largest absolute Gasteiger partial charge is 0.478 e. The monoisotopic (exact) mass is 159 g/mol. The van der Waals surface area contributed by atoms with Crippen molar-refractivity contribution in [1.29, 1.82) is 0 Å². The number of hydrogen-bond donors (Lipinski definition) is 3. The fourth-order valence-electron chi connectivity index (χ4n) is 0.305. The van der Waals surface area contributed by atoms with Gasteiger partial charge in [-0.3, -0.25) is 0 Å². The van der Waals surface area contributed by atoms with Crippen LogP contribution in [0.25, 0.3) is 0 Å². The zero-order valence-electron chi connectivity index (χ0n) is 5.07. The second-order valence-corrected chi connectivity index (χ2v) is 1.42. The highest BCUT2D eigenvalue weighted by Gasteiger charge is 2.17. The Hall–Kier alpha value is -1.85. The Kier molecular flexibility index (Phi) is 2.79. The molecule has 0 heterocycles. The van der Waals surface area contributed by atoms with Crippen LogP contribution in [-0.4, -0.2) is 33.2 Å². The third-order valence-electron chi connectivity index (χ3n) is 0.660. The summed E-state index contributed by atoms with van der Waals surface area (Å²) >= 11 is 0. The molecule has 0 aromatic rings. The van der Waals surface area contributed by atoms with Crippen molar-refractivity contribution >= 4 is 17.9 Å². The molecule has 0 aromatic heterocycles. The predicted molar refractivity (Wildman–Crippen MR) is 29.7 cm³/mol. The first-order chi connectivity index (χ1) is 4.95. The standard InChI is InChI=1S/C5H3O6/c6-3(7)1-2(4(8)9)5(10)11/h(H,6,7)(H,8,9)(H,10,11). The SMILES string of the molecule is O=C(O)[C]=C(C(=O)O)C(=O)O. The fraction of sp³-hybridized carbons (Fsp3) is 0. The molecule has 0 aliphatic rings. The Labute approximate surface area is 60.4 Å². The Morgan fingerprint density at radius 1 is 0.909 bits per heavy atom. The Balaban J connectivity index is 4.75. The van der Waals surface area contributed by atoms with Gasteiger partial charge in [0.1, 0.15) is 0 Å². The predicted octanol–water partition coefficient (Wildman–Crippen LogP) is -1.03. The zero-order chi connectivity index (χ0) is 9.02. The number of rotatable bonds is 3. The van der Waals surface area contributed by atoms with E-state index in [1.807, 2.05) is 0 Å². The quantitative estimate of drug-likeness (QED) is 0.275. The second kappa shape index (κ2) is 3.35. The molecule has 0 atom stereocenters. The molecular weight excluding hydrogens is 156 g/mol. The molecule has 6 heteroatoms. The molecule has 59 valence electrons. The van der Waals surface area contributed by atoms with Gasteiger partial charge in [-0.15, -0.1) is 0 Å².